The Bertz CT molecular complexity index is 991. The van der Waals surface area contributed by atoms with Crippen LogP contribution in [0, 0.1) is 0 Å². The van der Waals surface area contributed by atoms with Gasteiger partial charge < -0.3 is 14.9 Å². The van der Waals surface area contributed by atoms with E-state index in [0.29, 0.717) is 11.5 Å². The van der Waals surface area contributed by atoms with Gasteiger partial charge in [-0.3, -0.25) is 4.79 Å². The second-order valence-corrected chi connectivity index (χ2v) is 11.4. The average molecular weight is 557 g/mol. The molecule has 1 heterocycles. The quantitative estimate of drug-likeness (QED) is 0.167. The van der Waals surface area contributed by atoms with Crippen molar-refractivity contribution in [3.63, 3.8) is 0 Å². The molecule has 206 valence electrons. The zero-order chi connectivity index (χ0) is 27.4. The smallest absolute Gasteiger partial charge is 0.333 e. The summed E-state index contributed by atoms with van der Waals surface area (Å²) in [7, 11) is 1.37. The van der Waals surface area contributed by atoms with Gasteiger partial charge in [-0.15, -0.1) is 11.3 Å². The van der Waals surface area contributed by atoms with E-state index in [1.807, 2.05) is 6.07 Å². The third kappa shape index (κ3) is 14.4. The topological polar surface area (TPSA) is 83.8 Å². The molecule has 3 rings (SSSR count). The molecule has 2 aromatic carbocycles. The van der Waals surface area contributed by atoms with Crippen molar-refractivity contribution in [1.29, 1.82) is 0 Å². The Hall–Kier alpha value is -2.61. The number of thiophene rings is 1. The fraction of sp³-hybridized carbons (Fsp3) is 0.419. The summed E-state index contributed by atoms with van der Waals surface area (Å²) in [6, 6.07) is 25.3. The maximum absolute atomic E-state index is 10.7. The molecule has 0 saturated carbocycles. The number of carboxylic acid groups (broad SMARTS) is 2. The molecule has 0 fully saturated rings. The van der Waals surface area contributed by atoms with Crippen molar-refractivity contribution >= 4 is 35.0 Å². The summed E-state index contributed by atoms with van der Waals surface area (Å²) in [6.07, 6.45) is 9.92. The molecule has 1 atom stereocenters. The van der Waals surface area contributed by atoms with Crippen LogP contribution in [0.25, 0.3) is 0 Å². The van der Waals surface area contributed by atoms with Crippen molar-refractivity contribution in [3.8, 4) is 0 Å². The normalized spacial score (nSPS) is 11.4. The van der Waals surface area contributed by atoms with E-state index in [2.05, 4.69) is 60.7 Å². The van der Waals surface area contributed by atoms with E-state index in [9.17, 15) is 9.59 Å². The molecule has 0 bridgehead atoms. The van der Waals surface area contributed by atoms with E-state index in [4.69, 9.17) is 14.9 Å². The van der Waals surface area contributed by atoms with E-state index < -0.39 is 18.0 Å². The van der Waals surface area contributed by atoms with E-state index in [-0.39, 0.29) is 6.42 Å². The van der Waals surface area contributed by atoms with Crippen LogP contribution in [-0.4, -0.2) is 41.1 Å². The second-order valence-electron chi connectivity index (χ2n) is 9.11. The summed E-state index contributed by atoms with van der Waals surface area (Å²) in [4.78, 5) is 23.1. The summed E-state index contributed by atoms with van der Waals surface area (Å²) in [5.74, 6) is -0.779. The fourth-order valence-electron chi connectivity index (χ4n) is 3.91. The summed E-state index contributed by atoms with van der Waals surface area (Å²) >= 11 is 2.90. The van der Waals surface area contributed by atoms with Gasteiger partial charge in [0.2, 0.25) is 0 Å². The van der Waals surface area contributed by atoms with Crippen LogP contribution in [-0.2, 0) is 39.3 Å². The van der Waals surface area contributed by atoms with Crippen molar-refractivity contribution in [1.82, 2.24) is 0 Å². The average Bonchev–Trinajstić information content (AvgIpc) is 3.36. The van der Waals surface area contributed by atoms with Crippen LogP contribution in [0.15, 0.2) is 72.8 Å². The van der Waals surface area contributed by atoms with Gasteiger partial charge in [0.1, 0.15) is 0 Å². The van der Waals surface area contributed by atoms with E-state index in [1.165, 1.54) is 92.7 Å². The van der Waals surface area contributed by atoms with E-state index in [0.717, 1.165) is 9.75 Å². The number of carboxylic acids is 2. The molecule has 3 aromatic rings. The molecular formula is C31H40O5S2. The number of benzene rings is 2. The number of carbonyl (C=O) groups is 2. The highest BCUT2D eigenvalue weighted by Crippen LogP contribution is 2.23. The largest absolute Gasteiger partial charge is 0.481 e. The Balaban J connectivity index is 0.000000269. The van der Waals surface area contributed by atoms with E-state index >= 15 is 0 Å². The van der Waals surface area contributed by atoms with Crippen LogP contribution in [0.4, 0.5) is 0 Å². The highest BCUT2D eigenvalue weighted by atomic mass is 32.2. The molecule has 0 aliphatic heterocycles. The third-order valence-electron chi connectivity index (χ3n) is 5.98. The van der Waals surface area contributed by atoms with E-state index in [1.54, 1.807) is 6.07 Å². The third-order valence-corrected chi connectivity index (χ3v) is 8.30. The standard InChI is InChI=1S/C20H26.C11H14O5S2/c1(3-7-13-19-15-9-5-10-16-19)2-4-8-14-20-17-11-6-12-18-20;1-16-9(11(14)15)6-17-5-8-3-2-7(18-8)4-10(12)13/h5-6,9-12,15-18H,1-4,7-8,13-14H2;2-3,9H,4-6H2,1H3,(H,12,13)(H,14,15)/t;9-/m.0/s1. The van der Waals surface area contributed by atoms with Gasteiger partial charge in [-0.1, -0.05) is 86.3 Å². The monoisotopic (exact) mass is 556 g/mol. The van der Waals surface area contributed by atoms with Gasteiger partial charge >= 0.3 is 11.9 Å². The minimum absolute atomic E-state index is 0.0329. The van der Waals surface area contributed by atoms with Gasteiger partial charge in [0.25, 0.3) is 0 Å². The number of hydrogen-bond acceptors (Lipinski definition) is 5. The predicted octanol–water partition coefficient (Wildman–Crippen LogP) is 7.52. The number of unbranched alkanes of at least 4 members (excludes halogenated alkanes) is 5. The number of aryl methyl sites for hydroxylation is 2. The second kappa shape index (κ2) is 19.5. The Morgan fingerprint density at radius 2 is 1.26 bits per heavy atom. The molecule has 0 saturated heterocycles. The first-order valence-corrected chi connectivity index (χ1v) is 15.2. The Morgan fingerprint density at radius 1 is 0.763 bits per heavy atom. The molecular weight excluding hydrogens is 516 g/mol. The Labute approximate surface area is 235 Å². The van der Waals surface area contributed by atoms with Gasteiger partial charge in [0.05, 0.1) is 6.42 Å². The number of rotatable bonds is 17. The molecule has 0 amide bonds. The molecule has 0 spiro atoms. The highest BCUT2D eigenvalue weighted by Gasteiger charge is 2.16. The first-order valence-electron chi connectivity index (χ1n) is 13.2. The zero-order valence-electron chi connectivity index (χ0n) is 22.2. The lowest BCUT2D eigenvalue weighted by Crippen LogP contribution is -2.24. The first kappa shape index (κ1) is 31.6. The molecule has 0 radical (unpaired) electrons. The lowest BCUT2D eigenvalue weighted by atomic mass is 10.0. The molecule has 5 nitrogen and oxygen atoms in total. The van der Waals surface area contributed by atoms with Crippen molar-refractivity contribution in [2.75, 3.05) is 12.9 Å². The lowest BCUT2D eigenvalue weighted by molar-refractivity contribution is -0.147. The summed E-state index contributed by atoms with van der Waals surface area (Å²) < 4.78 is 4.81. The maximum atomic E-state index is 10.7. The molecule has 1 aromatic heterocycles. The van der Waals surface area contributed by atoms with Crippen molar-refractivity contribution in [3.05, 3.63) is 93.7 Å². The number of ether oxygens (including phenoxy) is 1. The van der Waals surface area contributed by atoms with Crippen molar-refractivity contribution in [2.24, 2.45) is 0 Å². The summed E-state index contributed by atoms with van der Waals surface area (Å²) in [5.41, 5.74) is 2.97. The minimum Gasteiger partial charge on any atom is -0.481 e. The Kier molecular flexibility index (Phi) is 16.2. The molecule has 0 unspecified atom stereocenters. The van der Waals surface area contributed by atoms with Crippen LogP contribution in [0.1, 0.15) is 59.4 Å². The SMILES string of the molecule is CO[C@@H](CSCc1ccc(CC(=O)O)s1)C(=O)O.c1ccc(CCCCCCCCc2ccccc2)cc1. The molecule has 0 aliphatic carbocycles. The number of aliphatic carboxylic acids is 2. The molecule has 0 aliphatic rings. The molecule has 2 N–H and O–H groups in total. The Morgan fingerprint density at radius 3 is 1.74 bits per heavy atom. The van der Waals surface area contributed by atoms with Gasteiger partial charge in [-0.2, -0.15) is 11.8 Å². The van der Waals surface area contributed by atoms with Gasteiger partial charge in [-0.25, -0.2) is 4.79 Å². The summed E-state index contributed by atoms with van der Waals surface area (Å²) in [6.45, 7) is 0. The van der Waals surface area contributed by atoms with Gasteiger partial charge in [-0.05, 0) is 48.9 Å². The maximum Gasteiger partial charge on any atom is 0.333 e. The molecule has 7 heteroatoms. The lowest BCUT2D eigenvalue weighted by Gasteiger charge is -2.08. The zero-order valence-corrected chi connectivity index (χ0v) is 23.9. The predicted molar refractivity (Wildman–Crippen MR) is 158 cm³/mol. The van der Waals surface area contributed by atoms with Crippen LogP contribution in [0.5, 0.6) is 0 Å². The summed E-state index contributed by atoms with van der Waals surface area (Å²) in [5, 5.41) is 17.4. The van der Waals surface area contributed by atoms with Crippen molar-refractivity contribution in [2.45, 2.75) is 69.6 Å². The van der Waals surface area contributed by atoms with Crippen LogP contribution in [0.3, 0.4) is 0 Å². The fourth-order valence-corrected chi connectivity index (χ4v) is 6.10. The number of hydrogen-bond donors (Lipinski definition) is 2. The highest BCUT2D eigenvalue weighted by molar-refractivity contribution is 7.98. The minimum atomic E-state index is -0.970. The van der Waals surface area contributed by atoms with Crippen LogP contribution in [0.2, 0.25) is 0 Å². The first-order chi connectivity index (χ1) is 18.5. The van der Waals surface area contributed by atoms with Gasteiger partial charge in [0.15, 0.2) is 6.10 Å². The number of methoxy groups -OCH3 is 1. The van der Waals surface area contributed by atoms with Gasteiger partial charge in [0, 0.05) is 28.4 Å². The molecule has 38 heavy (non-hydrogen) atoms. The van der Waals surface area contributed by atoms with Crippen LogP contribution < -0.4 is 0 Å². The van der Waals surface area contributed by atoms with Crippen molar-refractivity contribution < 1.29 is 24.5 Å². The van der Waals surface area contributed by atoms with Crippen LogP contribution >= 0.6 is 23.1 Å². The number of thioether (sulfide) groups is 1.